The maximum Gasteiger partial charge on any atom is 0.160 e. The van der Waals surface area contributed by atoms with Crippen molar-refractivity contribution in [2.75, 3.05) is 5.73 Å². The lowest BCUT2D eigenvalue weighted by atomic mass is 10.2. The second-order valence-electron chi connectivity index (χ2n) is 3.42. The van der Waals surface area contributed by atoms with Crippen LogP contribution in [-0.2, 0) is 12.8 Å². The summed E-state index contributed by atoms with van der Waals surface area (Å²) in [4.78, 5) is 4.26. The van der Waals surface area contributed by atoms with Crippen LogP contribution in [0.25, 0.3) is 5.65 Å². The van der Waals surface area contributed by atoms with Gasteiger partial charge in [0.2, 0.25) is 0 Å². The van der Waals surface area contributed by atoms with E-state index in [0.717, 1.165) is 16.8 Å². The van der Waals surface area contributed by atoms with Gasteiger partial charge in [0.1, 0.15) is 0 Å². The molecule has 0 saturated carbocycles. The van der Waals surface area contributed by atoms with Gasteiger partial charge in [0.25, 0.3) is 0 Å². The first kappa shape index (κ1) is 10.2. The topological polar surface area (TPSA) is 80.0 Å². The van der Waals surface area contributed by atoms with E-state index in [1.165, 1.54) is 0 Å². The number of nitrogens with zero attached hydrogens (tertiary/aromatic N) is 4. The minimum Gasteiger partial charge on any atom is -0.382 e. The van der Waals surface area contributed by atoms with E-state index in [2.05, 4.69) is 22.7 Å². The molecule has 0 amide bonds. The van der Waals surface area contributed by atoms with E-state index in [9.17, 15) is 0 Å². The normalized spacial score (nSPS) is 10.2. The van der Waals surface area contributed by atoms with Crippen LogP contribution in [0.15, 0.2) is 25.0 Å². The quantitative estimate of drug-likeness (QED) is 0.774. The molecule has 0 saturated heterocycles. The third-order valence-corrected chi connectivity index (χ3v) is 2.28. The van der Waals surface area contributed by atoms with Crippen molar-refractivity contribution in [3.63, 3.8) is 0 Å². The van der Waals surface area contributed by atoms with Crippen LogP contribution in [0.2, 0.25) is 0 Å². The number of nitriles is 1. The van der Waals surface area contributed by atoms with E-state index in [-0.39, 0.29) is 0 Å². The van der Waals surface area contributed by atoms with E-state index >= 15 is 0 Å². The summed E-state index contributed by atoms with van der Waals surface area (Å²) in [5, 5.41) is 12.7. The van der Waals surface area contributed by atoms with Crippen molar-refractivity contribution in [3.05, 3.63) is 36.2 Å². The van der Waals surface area contributed by atoms with Crippen molar-refractivity contribution < 1.29 is 0 Å². The smallest absolute Gasteiger partial charge is 0.160 e. The summed E-state index contributed by atoms with van der Waals surface area (Å²) in [7, 11) is 0. The molecule has 2 aromatic heterocycles. The zero-order valence-electron chi connectivity index (χ0n) is 8.72. The van der Waals surface area contributed by atoms with Gasteiger partial charge in [-0.1, -0.05) is 6.08 Å². The number of hydrogen-bond acceptors (Lipinski definition) is 4. The second-order valence-corrected chi connectivity index (χ2v) is 3.42. The highest BCUT2D eigenvalue weighted by atomic mass is 15.3. The van der Waals surface area contributed by atoms with Crippen LogP contribution in [0.4, 0.5) is 5.82 Å². The van der Waals surface area contributed by atoms with Crippen molar-refractivity contribution in [3.8, 4) is 6.07 Å². The van der Waals surface area contributed by atoms with Crippen molar-refractivity contribution in [2.45, 2.75) is 12.8 Å². The molecule has 2 aromatic rings. The summed E-state index contributed by atoms with van der Waals surface area (Å²) in [6.07, 6.45) is 6.17. The molecule has 0 atom stereocenters. The van der Waals surface area contributed by atoms with Gasteiger partial charge in [-0.15, -0.1) is 11.7 Å². The van der Waals surface area contributed by atoms with Gasteiger partial charge < -0.3 is 5.73 Å². The molecule has 0 bridgehead atoms. The molecule has 0 spiro atoms. The van der Waals surface area contributed by atoms with Crippen LogP contribution >= 0.6 is 0 Å². The number of nitrogen functional groups attached to an aromatic ring is 1. The van der Waals surface area contributed by atoms with Crippen LogP contribution in [0.3, 0.4) is 0 Å². The maximum absolute atomic E-state index is 8.59. The summed E-state index contributed by atoms with van der Waals surface area (Å²) in [6.45, 7) is 3.67. The minimum absolute atomic E-state index is 0.319. The number of fused-ring (bicyclic) bond motifs is 1. The Morgan fingerprint density at radius 2 is 2.44 bits per heavy atom. The molecule has 0 aliphatic rings. The van der Waals surface area contributed by atoms with Gasteiger partial charge in [-0.25, -0.2) is 9.50 Å². The van der Waals surface area contributed by atoms with Crippen LogP contribution in [-0.4, -0.2) is 14.6 Å². The molecule has 0 aromatic carbocycles. The summed E-state index contributed by atoms with van der Waals surface area (Å²) in [5.74, 6) is 0.460. The fraction of sp³-hybridized carbons (Fsp3) is 0.182. The zero-order chi connectivity index (χ0) is 11.5. The number of aromatic nitrogens is 3. The number of allylic oxidation sites excluding steroid dienone is 1. The summed E-state index contributed by atoms with van der Waals surface area (Å²) in [5.41, 5.74) is 8.20. The molecule has 0 fully saturated rings. The Hall–Kier alpha value is -2.35. The molecule has 2 rings (SSSR count). The molecule has 2 heterocycles. The number of anilines is 1. The minimum atomic E-state index is 0.319. The van der Waals surface area contributed by atoms with Gasteiger partial charge in [-0.3, -0.25) is 0 Å². The highest BCUT2D eigenvalue weighted by molar-refractivity contribution is 5.59. The molecule has 80 valence electrons. The van der Waals surface area contributed by atoms with Gasteiger partial charge in [0.15, 0.2) is 11.5 Å². The van der Waals surface area contributed by atoms with E-state index in [4.69, 9.17) is 11.0 Å². The largest absolute Gasteiger partial charge is 0.382 e. The molecule has 2 N–H and O–H groups in total. The standard InChI is InChI=1S/C11H11N5/c1-2-3-9-10(13)15-16-7-8(4-5-12)6-14-11(9)16/h2,6-7H,1,3-4H2,(H2,13,15). The van der Waals surface area contributed by atoms with Crippen LogP contribution < -0.4 is 5.73 Å². The lowest BCUT2D eigenvalue weighted by Crippen LogP contribution is -1.94. The molecule has 16 heavy (non-hydrogen) atoms. The highest BCUT2D eigenvalue weighted by Gasteiger charge is 2.10. The molecule has 0 radical (unpaired) electrons. The predicted molar refractivity (Wildman–Crippen MR) is 60.6 cm³/mol. The Morgan fingerprint density at radius 3 is 3.12 bits per heavy atom. The van der Waals surface area contributed by atoms with Gasteiger partial charge in [0.05, 0.1) is 12.5 Å². The second kappa shape index (κ2) is 4.03. The van der Waals surface area contributed by atoms with E-state index < -0.39 is 0 Å². The van der Waals surface area contributed by atoms with Crippen LogP contribution in [0.1, 0.15) is 11.1 Å². The van der Waals surface area contributed by atoms with Gasteiger partial charge in [-0.2, -0.15) is 5.26 Å². The number of hydrogen-bond donors (Lipinski definition) is 1. The Kier molecular flexibility index (Phi) is 2.56. The summed E-state index contributed by atoms with van der Waals surface area (Å²) >= 11 is 0. The molecule has 0 aliphatic carbocycles. The molecule has 0 aliphatic heterocycles. The molecule has 5 heteroatoms. The number of rotatable bonds is 3. The molecular formula is C11H11N5. The van der Waals surface area contributed by atoms with E-state index in [1.807, 2.05) is 0 Å². The molecule has 5 nitrogen and oxygen atoms in total. The lowest BCUT2D eigenvalue weighted by molar-refractivity contribution is 0.925. The first-order valence-corrected chi connectivity index (χ1v) is 4.85. The number of nitrogens with two attached hydrogens (primary N) is 1. The Labute approximate surface area is 92.8 Å². The third-order valence-electron chi connectivity index (χ3n) is 2.28. The average Bonchev–Trinajstić information content (AvgIpc) is 2.56. The first-order valence-electron chi connectivity index (χ1n) is 4.85. The zero-order valence-corrected chi connectivity index (χ0v) is 8.72. The van der Waals surface area contributed by atoms with Gasteiger partial charge in [-0.05, 0) is 6.42 Å². The Bertz CT molecular complexity index is 576. The van der Waals surface area contributed by atoms with E-state index in [1.54, 1.807) is 23.0 Å². The van der Waals surface area contributed by atoms with Gasteiger partial charge >= 0.3 is 0 Å². The van der Waals surface area contributed by atoms with Crippen molar-refractivity contribution in [2.24, 2.45) is 0 Å². The Morgan fingerprint density at radius 1 is 1.62 bits per heavy atom. The fourth-order valence-corrected chi connectivity index (χ4v) is 1.56. The average molecular weight is 213 g/mol. The third kappa shape index (κ3) is 1.61. The molecular weight excluding hydrogens is 202 g/mol. The maximum atomic E-state index is 8.59. The predicted octanol–water partition coefficient (Wildman–Crippen LogP) is 1.11. The molecule has 0 unspecified atom stereocenters. The summed E-state index contributed by atoms with van der Waals surface area (Å²) < 4.78 is 1.61. The van der Waals surface area contributed by atoms with Crippen LogP contribution in [0, 0.1) is 11.3 Å². The first-order chi connectivity index (χ1) is 7.76. The SMILES string of the molecule is C=CCc1c(N)nn2cc(CC#N)cnc12. The van der Waals surface area contributed by atoms with E-state index in [0.29, 0.717) is 18.7 Å². The lowest BCUT2D eigenvalue weighted by Gasteiger charge is -1.97. The van der Waals surface area contributed by atoms with Crippen molar-refractivity contribution in [1.82, 2.24) is 14.6 Å². The monoisotopic (exact) mass is 213 g/mol. The van der Waals surface area contributed by atoms with Crippen molar-refractivity contribution in [1.29, 1.82) is 5.26 Å². The fourth-order valence-electron chi connectivity index (χ4n) is 1.56. The Balaban J connectivity index is 2.56. The summed E-state index contributed by atoms with van der Waals surface area (Å²) in [6, 6.07) is 2.07. The van der Waals surface area contributed by atoms with Crippen molar-refractivity contribution >= 4 is 11.5 Å². The van der Waals surface area contributed by atoms with Crippen LogP contribution in [0.5, 0.6) is 0 Å². The van der Waals surface area contributed by atoms with Gasteiger partial charge in [0, 0.05) is 23.5 Å². The highest BCUT2D eigenvalue weighted by Crippen LogP contribution is 2.17.